The minimum absolute atomic E-state index is 0.0445. The lowest BCUT2D eigenvalue weighted by molar-refractivity contribution is -0.115. The SMILES string of the molecule is CCn1c(SC(C)C(=O)Nc2ccc(C)cc2C)nc2ccsc2c1=O. The van der Waals surface area contributed by atoms with Gasteiger partial charge in [-0.3, -0.25) is 14.2 Å². The van der Waals surface area contributed by atoms with Crippen LogP contribution >= 0.6 is 23.1 Å². The number of carbonyl (C=O) groups excluding carboxylic acids is 1. The maximum absolute atomic E-state index is 12.6. The fourth-order valence-corrected chi connectivity index (χ4v) is 4.44. The number of amides is 1. The second-order valence-electron chi connectivity index (χ2n) is 6.15. The molecule has 0 saturated carbocycles. The van der Waals surface area contributed by atoms with Gasteiger partial charge in [0, 0.05) is 12.2 Å². The Balaban J connectivity index is 1.83. The molecule has 1 atom stereocenters. The van der Waals surface area contributed by atoms with E-state index in [0.29, 0.717) is 21.9 Å². The Bertz CT molecular complexity index is 1020. The zero-order chi connectivity index (χ0) is 18.8. The van der Waals surface area contributed by atoms with Gasteiger partial charge in [-0.15, -0.1) is 11.3 Å². The zero-order valence-corrected chi connectivity index (χ0v) is 16.8. The summed E-state index contributed by atoms with van der Waals surface area (Å²) >= 11 is 2.71. The maximum atomic E-state index is 12.6. The van der Waals surface area contributed by atoms with Crippen LogP contribution in [0.5, 0.6) is 0 Å². The molecular formula is C19H21N3O2S2. The van der Waals surface area contributed by atoms with Crippen molar-refractivity contribution in [1.29, 1.82) is 0 Å². The van der Waals surface area contributed by atoms with Crippen molar-refractivity contribution in [2.75, 3.05) is 5.32 Å². The van der Waals surface area contributed by atoms with E-state index in [2.05, 4.69) is 10.3 Å². The fraction of sp³-hybridized carbons (Fsp3) is 0.316. The van der Waals surface area contributed by atoms with Gasteiger partial charge in [0.25, 0.3) is 5.56 Å². The summed E-state index contributed by atoms with van der Waals surface area (Å²) in [5.41, 5.74) is 3.63. The number of anilines is 1. The van der Waals surface area contributed by atoms with Crippen LogP contribution < -0.4 is 10.9 Å². The highest BCUT2D eigenvalue weighted by Gasteiger charge is 2.20. The van der Waals surface area contributed by atoms with E-state index in [1.54, 1.807) is 4.57 Å². The van der Waals surface area contributed by atoms with Crippen molar-refractivity contribution in [2.45, 2.75) is 44.6 Å². The van der Waals surface area contributed by atoms with Gasteiger partial charge in [0.15, 0.2) is 5.16 Å². The maximum Gasteiger partial charge on any atom is 0.272 e. The molecule has 0 fully saturated rings. The third-order valence-electron chi connectivity index (χ3n) is 4.14. The van der Waals surface area contributed by atoms with Crippen molar-refractivity contribution >= 4 is 44.9 Å². The van der Waals surface area contributed by atoms with Crippen LogP contribution in [0.2, 0.25) is 0 Å². The van der Waals surface area contributed by atoms with E-state index in [0.717, 1.165) is 16.8 Å². The Labute approximate surface area is 160 Å². The molecule has 1 aromatic carbocycles. The zero-order valence-electron chi connectivity index (χ0n) is 15.2. The Hall–Kier alpha value is -2.12. The van der Waals surface area contributed by atoms with Crippen LogP contribution in [0.15, 0.2) is 39.6 Å². The van der Waals surface area contributed by atoms with Crippen LogP contribution in [-0.4, -0.2) is 20.7 Å². The first-order valence-corrected chi connectivity index (χ1v) is 10.2. The molecule has 1 N–H and O–H groups in total. The molecular weight excluding hydrogens is 366 g/mol. The molecule has 0 aliphatic heterocycles. The fourth-order valence-electron chi connectivity index (χ4n) is 2.69. The van der Waals surface area contributed by atoms with Gasteiger partial charge in [0.1, 0.15) is 4.70 Å². The summed E-state index contributed by atoms with van der Waals surface area (Å²) in [6.45, 7) is 8.25. The van der Waals surface area contributed by atoms with E-state index in [1.807, 2.05) is 57.3 Å². The van der Waals surface area contributed by atoms with Crippen LogP contribution in [0.3, 0.4) is 0 Å². The third-order valence-corrected chi connectivity index (χ3v) is 6.12. The van der Waals surface area contributed by atoms with E-state index in [9.17, 15) is 9.59 Å². The van der Waals surface area contributed by atoms with E-state index >= 15 is 0 Å². The second kappa shape index (κ2) is 7.63. The highest BCUT2D eigenvalue weighted by Crippen LogP contribution is 2.25. The number of aromatic nitrogens is 2. The minimum atomic E-state index is -0.378. The van der Waals surface area contributed by atoms with Gasteiger partial charge >= 0.3 is 0 Å². The average Bonchev–Trinajstić information content (AvgIpc) is 3.06. The Kier molecular flexibility index (Phi) is 5.48. The van der Waals surface area contributed by atoms with Gasteiger partial charge in [0.2, 0.25) is 5.91 Å². The van der Waals surface area contributed by atoms with Crippen molar-refractivity contribution in [2.24, 2.45) is 0 Å². The van der Waals surface area contributed by atoms with E-state index in [4.69, 9.17) is 0 Å². The summed E-state index contributed by atoms with van der Waals surface area (Å²) in [6.07, 6.45) is 0. The molecule has 0 bridgehead atoms. The molecule has 2 aromatic heterocycles. The van der Waals surface area contributed by atoms with Crippen molar-refractivity contribution in [3.05, 3.63) is 51.1 Å². The average molecular weight is 388 g/mol. The number of thioether (sulfide) groups is 1. The number of hydrogen-bond acceptors (Lipinski definition) is 5. The summed E-state index contributed by atoms with van der Waals surface area (Å²) in [7, 11) is 0. The standard InChI is InChI=1S/C19H21N3O2S2/c1-5-22-18(24)16-15(8-9-25-16)21-19(22)26-13(4)17(23)20-14-7-6-11(2)10-12(14)3/h6-10,13H,5H2,1-4H3,(H,20,23). The molecule has 0 radical (unpaired) electrons. The summed E-state index contributed by atoms with van der Waals surface area (Å²) < 4.78 is 2.29. The minimum Gasteiger partial charge on any atom is -0.325 e. The molecule has 2 heterocycles. The van der Waals surface area contributed by atoms with Crippen LogP contribution in [0.25, 0.3) is 10.2 Å². The van der Waals surface area contributed by atoms with Crippen LogP contribution in [-0.2, 0) is 11.3 Å². The summed E-state index contributed by atoms with van der Waals surface area (Å²) in [5.74, 6) is -0.107. The normalized spacial score (nSPS) is 12.3. The van der Waals surface area contributed by atoms with Crippen molar-refractivity contribution in [1.82, 2.24) is 9.55 Å². The van der Waals surface area contributed by atoms with E-state index < -0.39 is 0 Å². The predicted octanol–water partition coefficient (Wildman–Crippen LogP) is 4.21. The number of rotatable bonds is 5. The summed E-state index contributed by atoms with van der Waals surface area (Å²) in [5, 5.41) is 5.03. The molecule has 7 heteroatoms. The van der Waals surface area contributed by atoms with Gasteiger partial charge in [-0.05, 0) is 50.8 Å². The van der Waals surface area contributed by atoms with E-state index in [1.165, 1.54) is 23.1 Å². The molecule has 5 nitrogen and oxygen atoms in total. The summed E-state index contributed by atoms with van der Waals surface area (Å²) in [4.78, 5) is 29.8. The number of nitrogens with one attached hydrogen (secondary N) is 1. The first-order valence-electron chi connectivity index (χ1n) is 8.43. The van der Waals surface area contributed by atoms with Crippen molar-refractivity contribution < 1.29 is 4.79 Å². The smallest absolute Gasteiger partial charge is 0.272 e. The number of fused-ring (bicyclic) bond motifs is 1. The van der Waals surface area contributed by atoms with Crippen molar-refractivity contribution in [3.63, 3.8) is 0 Å². The summed E-state index contributed by atoms with van der Waals surface area (Å²) in [6, 6.07) is 7.76. The highest BCUT2D eigenvalue weighted by molar-refractivity contribution is 8.00. The van der Waals surface area contributed by atoms with Gasteiger partial charge in [-0.25, -0.2) is 4.98 Å². The highest BCUT2D eigenvalue weighted by atomic mass is 32.2. The first-order chi connectivity index (χ1) is 12.4. The molecule has 136 valence electrons. The predicted molar refractivity (Wildman–Crippen MR) is 109 cm³/mol. The first kappa shape index (κ1) is 18.7. The lowest BCUT2D eigenvalue weighted by atomic mass is 10.1. The number of carbonyl (C=O) groups is 1. The topological polar surface area (TPSA) is 64.0 Å². The molecule has 3 aromatic rings. The van der Waals surface area contributed by atoms with Crippen LogP contribution in [0.1, 0.15) is 25.0 Å². The Morgan fingerprint density at radius 1 is 1.35 bits per heavy atom. The molecule has 1 amide bonds. The van der Waals surface area contributed by atoms with Gasteiger partial charge in [-0.2, -0.15) is 0 Å². The van der Waals surface area contributed by atoms with E-state index in [-0.39, 0.29) is 16.7 Å². The van der Waals surface area contributed by atoms with Crippen LogP contribution in [0, 0.1) is 13.8 Å². The number of thiophene rings is 1. The second-order valence-corrected chi connectivity index (χ2v) is 8.37. The molecule has 1 unspecified atom stereocenters. The van der Waals surface area contributed by atoms with Crippen LogP contribution in [0.4, 0.5) is 5.69 Å². The molecule has 0 spiro atoms. The van der Waals surface area contributed by atoms with Crippen molar-refractivity contribution in [3.8, 4) is 0 Å². The van der Waals surface area contributed by atoms with Gasteiger partial charge in [0.05, 0.1) is 10.8 Å². The largest absolute Gasteiger partial charge is 0.325 e. The molecule has 0 saturated heterocycles. The number of nitrogens with zero attached hydrogens (tertiary/aromatic N) is 2. The Morgan fingerprint density at radius 2 is 2.12 bits per heavy atom. The number of benzene rings is 1. The lowest BCUT2D eigenvalue weighted by Crippen LogP contribution is -2.26. The lowest BCUT2D eigenvalue weighted by Gasteiger charge is -2.15. The monoisotopic (exact) mass is 387 g/mol. The van der Waals surface area contributed by atoms with Gasteiger partial charge < -0.3 is 5.32 Å². The Morgan fingerprint density at radius 3 is 2.81 bits per heavy atom. The van der Waals surface area contributed by atoms with Gasteiger partial charge in [-0.1, -0.05) is 29.5 Å². The number of aryl methyl sites for hydroxylation is 2. The molecule has 26 heavy (non-hydrogen) atoms. The molecule has 3 rings (SSSR count). The molecule has 0 aliphatic rings. The quantitative estimate of drug-likeness (QED) is 0.526. The third kappa shape index (κ3) is 3.68. The molecule has 0 aliphatic carbocycles. The number of hydrogen-bond donors (Lipinski definition) is 1.